The first-order valence-corrected chi connectivity index (χ1v) is 6.14. The van der Waals surface area contributed by atoms with Gasteiger partial charge in [-0.25, -0.2) is 0 Å². The summed E-state index contributed by atoms with van der Waals surface area (Å²) in [6.45, 7) is 5.91. The largest absolute Gasteiger partial charge is 0.504 e. The minimum Gasteiger partial charge on any atom is -0.504 e. The molecule has 0 aliphatic carbocycles. The van der Waals surface area contributed by atoms with Crippen LogP contribution in [0.1, 0.15) is 37.6 Å². The van der Waals surface area contributed by atoms with Crippen LogP contribution in [0.3, 0.4) is 0 Å². The van der Waals surface area contributed by atoms with Crippen molar-refractivity contribution in [2.24, 2.45) is 0 Å². The molecular weight excluding hydrogens is 248 g/mol. The summed E-state index contributed by atoms with van der Waals surface area (Å²) in [5.41, 5.74) is 0.299. The van der Waals surface area contributed by atoms with Crippen LogP contribution in [-0.4, -0.2) is 30.6 Å². The molecule has 1 aromatic carbocycles. The van der Waals surface area contributed by atoms with E-state index in [9.17, 15) is 14.7 Å². The number of ketones is 1. The summed E-state index contributed by atoms with van der Waals surface area (Å²) in [5, 5.41) is 9.35. The van der Waals surface area contributed by atoms with Crippen molar-refractivity contribution in [3.05, 3.63) is 23.8 Å². The lowest BCUT2D eigenvalue weighted by Gasteiger charge is -2.06. The Labute approximate surface area is 113 Å². The number of phenolic OH excluding ortho intramolecular Hbond substituents is 1. The summed E-state index contributed by atoms with van der Waals surface area (Å²) < 4.78 is 9.54. The monoisotopic (exact) mass is 268 g/mol. The highest BCUT2D eigenvalue weighted by Gasteiger charge is 2.14. The quantitative estimate of drug-likeness (QED) is 0.504. The number of methoxy groups -OCH3 is 1. The highest BCUT2D eigenvalue weighted by molar-refractivity contribution is 6.06. The van der Waals surface area contributed by atoms with E-state index in [1.54, 1.807) is 6.92 Å². The molecule has 1 rings (SSSR count). The van der Waals surface area contributed by atoms with Crippen molar-refractivity contribution in [3.63, 3.8) is 0 Å². The number of Topliss-reactive ketones (excluding diaryl/α,β-unsaturated/α-hetero) is 1. The molecule has 0 amide bonds. The van der Waals surface area contributed by atoms with Crippen molar-refractivity contribution in [3.8, 4) is 11.5 Å². The average molecular weight is 268 g/mol. The average Bonchev–Trinajstić information content (AvgIpc) is 2.41. The summed E-state index contributed by atoms with van der Waals surface area (Å²) >= 11 is 0. The zero-order valence-electron chi connectivity index (χ0n) is 11.7. The molecule has 0 heterocycles. The molecule has 0 aliphatic rings. The second kappa shape index (κ2) is 8.97. The number of carbonyl (C=O) groups is 2. The van der Waals surface area contributed by atoms with Gasteiger partial charge in [-0.3, -0.25) is 9.59 Å². The van der Waals surface area contributed by atoms with Gasteiger partial charge in [-0.2, -0.15) is 0 Å². The van der Waals surface area contributed by atoms with E-state index >= 15 is 0 Å². The van der Waals surface area contributed by atoms with Crippen molar-refractivity contribution in [1.29, 1.82) is 0 Å². The van der Waals surface area contributed by atoms with Crippen LogP contribution in [-0.2, 0) is 9.53 Å². The predicted molar refractivity (Wildman–Crippen MR) is 71.6 cm³/mol. The molecule has 0 aliphatic heterocycles. The molecule has 19 heavy (non-hydrogen) atoms. The topological polar surface area (TPSA) is 72.8 Å². The van der Waals surface area contributed by atoms with Crippen LogP contribution in [0.25, 0.3) is 0 Å². The zero-order chi connectivity index (χ0) is 14.8. The Morgan fingerprint density at radius 1 is 1.26 bits per heavy atom. The van der Waals surface area contributed by atoms with Gasteiger partial charge >= 0.3 is 5.97 Å². The fourth-order valence-electron chi connectivity index (χ4n) is 1.30. The van der Waals surface area contributed by atoms with Gasteiger partial charge in [-0.15, -0.1) is 0 Å². The molecule has 0 bridgehead atoms. The molecule has 1 N–H and O–H groups in total. The molecule has 0 unspecified atom stereocenters. The van der Waals surface area contributed by atoms with Crippen LogP contribution >= 0.6 is 0 Å². The number of hydrogen-bond donors (Lipinski definition) is 1. The zero-order valence-corrected chi connectivity index (χ0v) is 11.7. The number of esters is 1. The number of phenols is 1. The third-order valence-corrected chi connectivity index (χ3v) is 2.11. The first-order chi connectivity index (χ1) is 9.08. The molecule has 0 spiro atoms. The van der Waals surface area contributed by atoms with Gasteiger partial charge in [0.05, 0.1) is 13.7 Å². The summed E-state index contributed by atoms with van der Waals surface area (Å²) in [5.74, 6) is -0.800. The maximum atomic E-state index is 11.7. The Kier molecular flexibility index (Phi) is 8.00. The van der Waals surface area contributed by atoms with Crippen LogP contribution in [0.5, 0.6) is 11.5 Å². The third kappa shape index (κ3) is 5.42. The van der Waals surface area contributed by atoms with Crippen molar-refractivity contribution >= 4 is 11.8 Å². The highest BCUT2D eigenvalue weighted by atomic mass is 16.5. The van der Waals surface area contributed by atoms with Crippen molar-refractivity contribution in [2.45, 2.75) is 27.2 Å². The standard InChI is InChI=1S/C12H14O5.C2H6/c1-3-17-12(15)7-10(14)8-4-5-9(13)11(6-8)16-2;1-2/h4-6,13H,3,7H2,1-2H3;1-2H3. The van der Waals surface area contributed by atoms with Gasteiger partial charge in [0, 0.05) is 5.56 Å². The fourth-order valence-corrected chi connectivity index (χ4v) is 1.30. The molecule has 0 atom stereocenters. The van der Waals surface area contributed by atoms with E-state index in [1.165, 1.54) is 25.3 Å². The molecule has 0 aromatic heterocycles. The number of ether oxygens (including phenoxy) is 2. The second-order valence-electron chi connectivity index (χ2n) is 3.29. The molecular formula is C14H20O5. The SMILES string of the molecule is CC.CCOC(=O)CC(=O)c1ccc(O)c(OC)c1. The first-order valence-electron chi connectivity index (χ1n) is 6.14. The number of rotatable bonds is 5. The minimum absolute atomic E-state index is 0.0554. The number of carbonyl (C=O) groups excluding carboxylic acids is 2. The lowest BCUT2D eigenvalue weighted by Crippen LogP contribution is -2.11. The van der Waals surface area contributed by atoms with E-state index < -0.39 is 5.97 Å². The van der Waals surface area contributed by atoms with Gasteiger partial charge < -0.3 is 14.6 Å². The summed E-state index contributed by atoms with van der Waals surface area (Å²) in [6, 6.07) is 4.16. The Morgan fingerprint density at radius 3 is 2.42 bits per heavy atom. The molecule has 5 heteroatoms. The van der Waals surface area contributed by atoms with Gasteiger partial charge in [-0.05, 0) is 25.1 Å². The molecule has 106 valence electrons. The van der Waals surface area contributed by atoms with Crippen LogP contribution in [0.2, 0.25) is 0 Å². The van der Waals surface area contributed by atoms with E-state index in [1.807, 2.05) is 13.8 Å². The smallest absolute Gasteiger partial charge is 0.313 e. The van der Waals surface area contributed by atoms with Crippen LogP contribution in [0.4, 0.5) is 0 Å². The minimum atomic E-state index is -0.565. The number of hydrogen-bond acceptors (Lipinski definition) is 5. The fraction of sp³-hybridized carbons (Fsp3) is 0.429. The number of aromatic hydroxyl groups is 1. The van der Waals surface area contributed by atoms with E-state index in [0.29, 0.717) is 5.56 Å². The third-order valence-electron chi connectivity index (χ3n) is 2.11. The Morgan fingerprint density at radius 2 is 1.89 bits per heavy atom. The van der Waals surface area contributed by atoms with Gasteiger partial charge in [0.2, 0.25) is 0 Å². The second-order valence-corrected chi connectivity index (χ2v) is 3.29. The van der Waals surface area contributed by atoms with E-state index in [-0.39, 0.29) is 30.3 Å². The van der Waals surface area contributed by atoms with Crippen molar-refractivity contribution in [2.75, 3.05) is 13.7 Å². The van der Waals surface area contributed by atoms with Gasteiger partial charge in [0.1, 0.15) is 6.42 Å². The molecule has 5 nitrogen and oxygen atoms in total. The van der Waals surface area contributed by atoms with E-state index in [2.05, 4.69) is 4.74 Å². The predicted octanol–water partition coefficient (Wildman–Crippen LogP) is 2.56. The maximum Gasteiger partial charge on any atom is 0.313 e. The first kappa shape index (κ1) is 17.0. The van der Waals surface area contributed by atoms with E-state index in [4.69, 9.17) is 4.74 Å². The van der Waals surface area contributed by atoms with Crippen molar-refractivity contribution in [1.82, 2.24) is 0 Å². The van der Waals surface area contributed by atoms with Crippen LogP contribution in [0, 0.1) is 0 Å². The summed E-state index contributed by atoms with van der Waals surface area (Å²) in [6.07, 6.45) is -0.318. The lowest BCUT2D eigenvalue weighted by molar-refractivity contribution is -0.141. The molecule has 1 aromatic rings. The lowest BCUT2D eigenvalue weighted by atomic mass is 10.1. The van der Waals surface area contributed by atoms with Crippen LogP contribution < -0.4 is 4.74 Å². The molecule has 0 fully saturated rings. The summed E-state index contributed by atoms with van der Waals surface area (Å²) in [7, 11) is 1.38. The van der Waals surface area contributed by atoms with Gasteiger partial charge in [0.15, 0.2) is 17.3 Å². The van der Waals surface area contributed by atoms with Crippen LogP contribution in [0.15, 0.2) is 18.2 Å². The van der Waals surface area contributed by atoms with Gasteiger partial charge in [0.25, 0.3) is 0 Å². The highest BCUT2D eigenvalue weighted by Crippen LogP contribution is 2.26. The summed E-state index contributed by atoms with van der Waals surface area (Å²) in [4.78, 5) is 22.8. The van der Waals surface area contributed by atoms with Crippen molar-refractivity contribution < 1.29 is 24.2 Å². The molecule has 0 saturated carbocycles. The Bertz CT molecular complexity index is 426. The molecule has 0 radical (unpaired) electrons. The normalized spacial score (nSPS) is 9.05. The molecule has 0 saturated heterocycles. The number of benzene rings is 1. The van der Waals surface area contributed by atoms with E-state index in [0.717, 1.165) is 0 Å². The Balaban J connectivity index is 0.00000154. The van der Waals surface area contributed by atoms with Gasteiger partial charge in [-0.1, -0.05) is 13.8 Å². The maximum absolute atomic E-state index is 11.7. The Hall–Kier alpha value is -2.04.